The molecule has 14 heavy (non-hydrogen) atoms. The molecule has 1 aliphatic rings. The molecular formula is C11H20N2O. The van der Waals surface area contributed by atoms with Gasteiger partial charge in [0.2, 0.25) is 5.91 Å². The van der Waals surface area contributed by atoms with Crippen molar-refractivity contribution < 1.29 is 4.79 Å². The molecule has 0 bridgehead atoms. The first-order valence-corrected chi connectivity index (χ1v) is 5.38. The van der Waals surface area contributed by atoms with E-state index in [1.54, 1.807) is 0 Å². The van der Waals surface area contributed by atoms with E-state index in [-0.39, 0.29) is 11.9 Å². The van der Waals surface area contributed by atoms with Crippen molar-refractivity contribution in [1.82, 2.24) is 10.6 Å². The highest BCUT2D eigenvalue weighted by Crippen LogP contribution is 2.06. The molecule has 0 aliphatic carbocycles. The first-order chi connectivity index (χ1) is 6.74. The molecule has 0 aromatic heterocycles. The smallest absolute Gasteiger partial charge is 0.237 e. The van der Waals surface area contributed by atoms with Gasteiger partial charge in [0.05, 0.1) is 6.04 Å². The van der Waals surface area contributed by atoms with Crippen molar-refractivity contribution in [2.75, 3.05) is 6.54 Å². The third kappa shape index (κ3) is 3.50. The number of hydrogen-bond acceptors (Lipinski definition) is 2. The summed E-state index contributed by atoms with van der Waals surface area (Å²) in [6, 6.07) is 0.408. The van der Waals surface area contributed by atoms with Crippen LogP contribution in [0.4, 0.5) is 0 Å². The first-order valence-electron chi connectivity index (χ1n) is 5.38. The average molecular weight is 196 g/mol. The topological polar surface area (TPSA) is 41.1 Å². The van der Waals surface area contributed by atoms with Crippen molar-refractivity contribution >= 4 is 5.91 Å². The molecule has 2 N–H and O–H groups in total. The average Bonchev–Trinajstić information content (AvgIpc) is 2.18. The molecule has 2 atom stereocenters. The van der Waals surface area contributed by atoms with E-state index in [0.717, 1.165) is 32.2 Å². The standard InChI is InChI=1S/C11H20N2O/c1-3-4-6-9(2)13-10-7-5-8-12-11(10)14/h3,9-10,13H,1,4-8H2,2H3,(H,12,14). The summed E-state index contributed by atoms with van der Waals surface area (Å²) < 4.78 is 0. The Morgan fingerprint density at radius 3 is 3.21 bits per heavy atom. The molecule has 0 saturated carbocycles. The van der Waals surface area contributed by atoms with Gasteiger partial charge in [0.25, 0.3) is 0 Å². The van der Waals surface area contributed by atoms with E-state index in [1.807, 2.05) is 6.08 Å². The molecule has 1 aliphatic heterocycles. The Morgan fingerprint density at radius 2 is 2.57 bits per heavy atom. The molecule has 1 heterocycles. The number of carbonyl (C=O) groups excluding carboxylic acids is 1. The number of nitrogens with one attached hydrogen (secondary N) is 2. The maximum absolute atomic E-state index is 11.4. The highest BCUT2D eigenvalue weighted by atomic mass is 16.2. The van der Waals surface area contributed by atoms with Crippen LogP contribution in [0.15, 0.2) is 12.7 Å². The lowest BCUT2D eigenvalue weighted by Gasteiger charge is -2.26. The van der Waals surface area contributed by atoms with Gasteiger partial charge in [-0.1, -0.05) is 6.08 Å². The lowest BCUT2D eigenvalue weighted by Crippen LogP contribution is -2.50. The van der Waals surface area contributed by atoms with Gasteiger partial charge in [0.1, 0.15) is 0 Å². The van der Waals surface area contributed by atoms with Crippen LogP contribution in [-0.4, -0.2) is 24.5 Å². The van der Waals surface area contributed by atoms with Gasteiger partial charge in [0.15, 0.2) is 0 Å². The molecule has 1 fully saturated rings. The number of hydrogen-bond donors (Lipinski definition) is 2. The highest BCUT2D eigenvalue weighted by Gasteiger charge is 2.22. The van der Waals surface area contributed by atoms with E-state index >= 15 is 0 Å². The van der Waals surface area contributed by atoms with Gasteiger partial charge in [-0.2, -0.15) is 0 Å². The minimum Gasteiger partial charge on any atom is -0.355 e. The van der Waals surface area contributed by atoms with Crippen LogP contribution in [0.25, 0.3) is 0 Å². The number of piperidine rings is 1. The molecule has 0 aromatic rings. The summed E-state index contributed by atoms with van der Waals surface area (Å²) in [7, 11) is 0. The van der Waals surface area contributed by atoms with Gasteiger partial charge in [-0.25, -0.2) is 0 Å². The Labute approximate surface area is 86.0 Å². The number of carbonyl (C=O) groups is 1. The second-order valence-corrected chi connectivity index (χ2v) is 3.92. The van der Waals surface area contributed by atoms with Crippen LogP contribution in [-0.2, 0) is 4.79 Å². The minimum absolute atomic E-state index is 0.0172. The van der Waals surface area contributed by atoms with Crippen molar-refractivity contribution in [1.29, 1.82) is 0 Å². The van der Waals surface area contributed by atoms with E-state index < -0.39 is 0 Å². The van der Waals surface area contributed by atoms with Crippen LogP contribution in [0.1, 0.15) is 32.6 Å². The van der Waals surface area contributed by atoms with Crippen LogP contribution in [0.3, 0.4) is 0 Å². The summed E-state index contributed by atoms with van der Waals surface area (Å²) >= 11 is 0. The molecular weight excluding hydrogens is 176 g/mol. The molecule has 1 amide bonds. The molecule has 1 saturated heterocycles. The van der Waals surface area contributed by atoms with Crippen molar-refractivity contribution in [3.8, 4) is 0 Å². The molecule has 2 unspecified atom stereocenters. The van der Waals surface area contributed by atoms with Gasteiger partial charge in [-0.15, -0.1) is 6.58 Å². The van der Waals surface area contributed by atoms with Crippen molar-refractivity contribution in [2.24, 2.45) is 0 Å². The normalized spacial score (nSPS) is 24.1. The van der Waals surface area contributed by atoms with Gasteiger partial charge >= 0.3 is 0 Å². The number of amides is 1. The van der Waals surface area contributed by atoms with E-state index in [1.165, 1.54) is 0 Å². The minimum atomic E-state index is 0.0172. The van der Waals surface area contributed by atoms with Crippen LogP contribution >= 0.6 is 0 Å². The quantitative estimate of drug-likeness (QED) is 0.649. The van der Waals surface area contributed by atoms with E-state index in [9.17, 15) is 4.79 Å². The monoisotopic (exact) mass is 196 g/mol. The second-order valence-electron chi connectivity index (χ2n) is 3.92. The van der Waals surface area contributed by atoms with E-state index in [4.69, 9.17) is 0 Å². The van der Waals surface area contributed by atoms with Crippen molar-refractivity contribution in [2.45, 2.75) is 44.7 Å². The lowest BCUT2D eigenvalue weighted by atomic mass is 10.0. The fourth-order valence-electron chi connectivity index (χ4n) is 1.73. The van der Waals surface area contributed by atoms with Gasteiger partial charge in [-0.3, -0.25) is 4.79 Å². The lowest BCUT2D eigenvalue weighted by molar-refractivity contribution is -0.124. The fourth-order valence-corrected chi connectivity index (χ4v) is 1.73. The molecule has 0 spiro atoms. The molecule has 3 heteroatoms. The van der Waals surface area contributed by atoms with Gasteiger partial charge in [0, 0.05) is 12.6 Å². The maximum atomic E-state index is 11.4. The summed E-state index contributed by atoms with van der Waals surface area (Å²) in [5, 5.41) is 6.22. The van der Waals surface area contributed by atoms with Crippen molar-refractivity contribution in [3.63, 3.8) is 0 Å². The number of allylic oxidation sites excluding steroid dienone is 1. The van der Waals surface area contributed by atoms with Gasteiger partial charge < -0.3 is 10.6 Å². The van der Waals surface area contributed by atoms with E-state index in [0.29, 0.717) is 6.04 Å². The molecule has 3 nitrogen and oxygen atoms in total. The predicted octanol–water partition coefficient (Wildman–Crippen LogP) is 1.21. The van der Waals surface area contributed by atoms with Crippen LogP contribution in [0.5, 0.6) is 0 Å². The molecule has 0 aromatic carbocycles. The Hall–Kier alpha value is -0.830. The van der Waals surface area contributed by atoms with Crippen molar-refractivity contribution in [3.05, 3.63) is 12.7 Å². The summed E-state index contributed by atoms with van der Waals surface area (Å²) in [6.07, 6.45) is 6.01. The Balaban J connectivity index is 2.26. The van der Waals surface area contributed by atoms with Gasteiger partial charge in [-0.05, 0) is 32.6 Å². The molecule has 0 radical (unpaired) electrons. The summed E-state index contributed by atoms with van der Waals surface area (Å²) in [5.74, 6) is 0.154. The Kier molecular flexibility index (Phi) is 4.66. The SMILES string of the molecule is C=CCCC(C)NC1CCCNC1=O. The van der Waals surface area contributed by atoms with Crippen LogP contribution < -0.4 is 10.6 Å². The van der Waals surface area contributed by atoms with E-state index in [2.05, 4.69) is 24.1 Å². The fraction of sp³-hybridized carbons (Fsp3) is 0.727. The number of rotatable bonds is 5. The Morgan fingerprint density at radius 1 is 1.79 bits per heavy atom. The molecule has 80 valence electrons. The second kappa shape index (κ2) is 5.81. The summed E-state index contributed by atoms with van der Waals surface area (Å²) in [6.45, 7) is 6.64. The maximum Gasteiger partial charge on any atom is 0.237 e. The zero-order chi connectivity index (χ0) is 10.4. The summed E-state index contributed by atoms with van der Waals surface area (Å²) in [5.41, 5.74) is 0. The Bertz CT molecular complexity index is 203. The van der Waals surface area contributed by atoms with Crippen LogP contribution in [0, 0.1) is 0 Å². The highest BCUT2D eigenvalue weighted by molar-refractivity contribution is 5.82. The third-order valence-corrected chi connectivity index (χ3v) is 2.57. The molecule has 1 rings (SSSR count). The zero-order valence-electron chi connectivity index (χ0n) is 8.88. The summed E-state index contributed by atoms with van der Waals surface area (Å²) in [4.78, 5) is 11.4. The largest absolute Gasteiger partial charge is 0.355 e. The first kappa shape index (κ1) is 11.2. The predicted molar refractivity (Wildman–Crippen MR) is 58.1 cm³/mol. The zero-order valence-corrected chi connectivity index (χ0v) is 8.88. The third-order valence-electron chi connectivity index (χ3n) is 2.57. The van der Waals surface area contributed by atoms with Crippen LogP contribution in [0.2, 0.25) is 0 Å².